The lowest BCUT2D eigenvalue weighted by Gasteiger charge is -2.13. The number of para-hydroxylation sites is 2. The summed E-state index contributed by atoms with van der Waals surface area (Å²) in [6, 6.07) is 18.9. The summed E-state index contributed by atoms with van der Waals surface area (Å²) in [5.74, 6) is 1.81. The largest absolute Gasteiger partial charge is 0.496 e. The highest BCUT2D eigenvalue weighted by Crippen LogP contribution is 2.37. The lowest BCUT2D eigenvalue weighted by Crippen LogP contribution is -1.97. The number of benzene rings is 2. The maximum absolute atomic E-state index is 5.99. The first kappa shape index (κ1) is 15.4. The molecule has 0 N–H and O–H groups in total. The Morgan fingerprint density at radius 1 is 0.840 bits per heavy atom. The van der Waals surface area contributed by atoms with Gasteiger partial charge in [0.1, 0.15) is 11.5 Å². The Balaban J connectivity index is 1.77. The van der Waals surface area contributed by atoms with Gasteiger partial charge in [-0.15, -0.1) is 15.3 Å². The van der Waals surface area contributed by atoms with Crippen LogP contribution in [0.5, 0.6) is 17.4 Å². The number of ether oxygens (including phenoxy) is 2. The van der Waals surface area contributed by atoms with E-state index in [0.29, 0.717) is 17.3 Å². The van der Waals surface area contributed by atoms with Crippen molar-refractivity contribution in [3.05, 3.63) is 65.9 Å². The first-order chi connectivity index (χ1) is 12.3. The summed E-state index contributed by atoms with van der Waals surface area (Å²) in [5.41, 5.74) is 2.39. The van der Waals surface area contributed by atoms with Crippen LogP contribution in [-0.4, -0.2) is 26.9 Å². The van der Waals surface area contributed by atoms with Gasteiger partial charge in [0.15, 0.2) is 5.65 Å². The van der Waals surface area contributed by atoms with Gasteiger partial charge < -0.3 is 9.47 Å². The standard InChI is InChI=1S/C18H13ClN4O2/c1-24-14-8-4-2-6-12(14)13-7-3-5-9-15(13)25-17-11-10-16-20-21-18(19)23(16)22-17/h2-11H,1H3. The van der Waals surface area contributed by atoms with Crippen LogP contribution in [0.15, 0.2) is 60.7 Å². The van der Waals surface area contributed by atoms with Gasteiger partial charge in [-0.2, -0.15) is 4.52 Å². The van der Waals surface area contributed by atoms with Crippen LogP contribution in [0, 0.1) is 0 Å². The number of methoxy groups -OCH3 is 1. The van der Waals surface area contributed by atoms with Crippen molar-refractivity contribution in [3.8, 4) is 28.5 Å². The molecule has 0 saturated heterocycles. The number of rotatable bonds is 4. The molecule has 0 atom stereocenters. The van der Waals surface area contributed by atoms with Gasteiger partial charge in [-0.3, -0.25) is 0 Å². The molecule has 2 aromatic heterocycles. The van der Waals surface area contributed by atoms with E-state index in [1.54, 1.807) is 19.2 Å². The Kier molecular flexibility index (Phi) is 3.95. The fourth-order valence-electron chi connectivity index (χ4n) is 2.56. The summed E-state index contributed by atoms with van der Waals surface area (Å²) in [6.07, 6.45) is 0. The predicted octanol–water partition coefficient (Wildman–Crippen LogP) is 4.25. The molecule has 6 nitrogen and oxygen atoms in total. The second-order valence-corrected chi connectivity index (χ2v) is 5.55. The Morgan fingerprint density at radius 3 is 2.28 bits per heavy atom. The van der Waals surface area contributed by atoms with Crippen LogP contribution in [0.2, 0.25) is 5.28 Å². The minimum atomic E-state index is 0.179. The van der Waals surface area contributed by atoms with Crippen molar-refractivity contribution in [3.63, 3.8) is 0 Å². The van der Waals surface area contributed by atoms with Gasteiger partial charge in [-0.1, -0.05) is 36.4 Å². The predicted molar refractivity (Wildman–Crippen MR) is 94.3 cm³/mol. The van der Waals surface area contributed by atoms with E-state index in [2.05, 4.69) is 15.3 Å². The molecule has 0 bridgehead atoms. The number of halogens is 1. The lowest BCUT2D eigenvalue weighted by atomic mass is 10.0. The second kappa shape index (κ2) is 6.41. The maximum Gasteiger partial charge on any atom is 0.246 e. The number of hydrogen-bond acceptors (Lipinski definition) is 5. The quantitative estimate of drug-likeness (QED) is 0.549. The molecule has 2 aromatic carbocycles. The third kappa shape index (κ3) is 2.88. The van der Waals surface area contributed by atoms with Crippen LogP contribution >= 0.6 is 11.6 Å². The van der Waals surface area contributed by atoms with Gasteiger partial charge in [0, 0.05) is 17.2 Å². The van der Waals surface area contributed by atoms with E-state index < -0.39 is 0 Å². The van der Waals surface area contributed by atoms with Gasteiger partial charge in [0.2, 0.25) is 11.2 Å². The van der Waals surface area contributed by atoms with Crippen LogP contribution < -0.4 is 9.47 Å². The molecule has 0 aliphatic rings. The minimum absolute atomic E-state index is 0.179. The Labute approximate surface area is 148 Å². The van der Waals surface area contributed by atoms with E-state index in [1.807, 2.05) is 48.5 Å². The zero-order valence-electron chi connectivity index (χ0n) is 13.3. The first-order valence-electron chi connectivity index (χ1n) is 7.54. The van der Waals surface area contributed by atoms with Crippen molar-refractivity contribution in [1.82, 2.24) is 19.8 Å². The van der Waals surface area contributed by atoms with Crippen molar-refractivity contribution >= 4 is 17.2 Å². The molecule has 2 heterocycles. The summed E-state index contributed by atoms with van der Waals surface area (Å²) < 4.78 is 12.9. The summed E-state index contributed by atoms with van der Waals surface area (Å²) in [5, 5.41) is 12.2. The van der Waals surface area contributed by atoms with E-state index in [9.17, 15) is 0 Å². The molecule has 0 unspecified atom stereocenters. The molecule has 0 amide bonds. The number of hydrogen-bond donors (Lipinski definition) is 0. The molecule has 124 valence electrons. The number of fused-ring (bicyclic) bond motifs is 1. The topological polar surface area (TPSA) is 61.5 Å². The fourth-order valence-corrected chi connectivity index (χ4v) is 2.72. The van der Waals surface area contributed by atoms with E-state index >= 15 is 0 Å². The molecule has 25 heavy (non-hydrogen) atoms. The van der Waals surface area contributed by atoms with Crippen molar-refractivity contribution in [2.24, 2.45) is 0 Å². The molecule has 0 aliphatic carbocycles. The molecule has 4 aromatic rings. The Morgan fingerprint density at radius 2 is 1.52 bits per heavy atom. The van der Waals surface area contributed by atoms with Crippen LogP contribution in [0.1, 0.15) is 0 Å². The van der Waals surface area contributed by atoms with Gasteiger partial charge >= 0.3 is 0 Å². The van der Waals surface area contributed by atoms with Crippen molar-refractivity contribution in [2.75, 3.05) is 7.11 Å². The van der Waals surface area contributed by atoms with Crippen LogP contribution in [-0.2, 0) is 0 Å². The summed E-state index contributed by atoms with van der Waals surface area (Å²) in [7, 11) is 1.64. The van der Waals surface area contributed by atoms with Crippen molar-refractivity contribution in [1.29, 1.82) is 0 Å². The zero-order chi connectivity index (χ0) is 17.2. The van der Waals surface area contributed by atoms with E-state index in [4.69, 9.17) is 21.1 Å². The SMILES string of the molecule is COc1ccccc1-c1ccccc1Oc1ccc2nnc(Cl)n2n1. The fraction of sp³-hybridized carbons (Fsp3) is 0.0556. The van der Waals surface area contributed by atoms with Crippen LogP contribution in [0.25, 0.3) is 16.8 Å². The molecule has 0 radical (unpaired) electrons. The molecule has 4 rings (SSSR count). The Bertz CT molecular complexity index is 1050. The molecule has 0 fully saturated rings. The highest BCUT2D eigenvalue weighted by Gasteiger charge is 2.13. The summed E-state index contributed by atoms with van der Waals surface area (Å²) >= 11 is 5.97. The monoisotopic (exact) mass is 352 g/mol. The summed E-state index contributed by atoms with van der Waals surface area (Å²) in [6.45, 7) is 0. The lowest BCUT2D eigenvalue weighted by molar-refractivity contribution is 0.415. The molecule has 0 aliphatic heterocycles. The van der Waals surface area contributed by atoms with E-state index in [-0.39, 0.29) is 5.28 Å². The zero-order valence-corrected chi connectivity index (χ0v) is 14.0. The van der Waals surface area contributed by atoms with Crippen LogP contribution in [0.4, 0.5) is 0 Å². The van der Waals surface area contributed by atoms with E-state index in [1.165, 1.54) is 4.52 Å². The Hall–Kier alpha value is -3.12. The smallest absolute Gasteiger partial charge is 0.246 e. The average Bonchev–Trinajstić information content (AvgIpc) is 3.03. The molecular formula is C18H13ClN4O2. The average molecular weight is 353 g/mol. The van der Waals surface area contributed by atoms with Crippen molar-refractivity contribution in [2.45, 2.75) is 0 Å². The summed E-state index contributed by atoms with van der Waals surface area (Å²) in [4.78, 5) is 0. The second-order valence-electron chi connectivity index (χ2n) is 5.21. The first-order valence-corrected chi connectivity index (χ1v) is 7.92. The third-order valence-corrected chi connectivity index (χ3v) is 3.93. The minimum Gasteiger partial charge on any atom is -0.496 e. The van der Waals surface area contributed by atoms with Gasteiger partial charge in [-0.05, 0) is 29.8 Å². The molecule has 0 spiro atoms. The van der Waals surface area contributed by atoms with Gasteiger partial charge in [0.25, 0.3) is 0 Å². The highest BCUT2D eigenvalue weighted by molar-refractivity contribution is 6.28. The maximum atomic E-state index is 5.99. The highest BCUT2D eigenvalue weighted by atomic mass is 35.5. The van der Waals surface area contributed by atoms with Crippen molar-refractivity contribution < 1.29 is 9.47 Å². The molecular weight excluding hydrogens is 340 g/mol. The van der Waals surface area contributed by atoms with Gasteiger partial charge in [-0.25, -0.2) is 0 Å². The molecule has 7 heteroatoms. The van der Waals surface area contributed by atoms with E-state index in [0.717, 1.165) is 16.9 Å². The number of nitrogens with zero attached hydrogens (tertiary/aromatic N) is 4. The third-order valence-electron chi connectivity index (χ3n) is 3.70. The van der Waals surface area contributed by atoms with Gasteiger partial charge in [0.05, 0.1) is 7.11 Å². The van der Waals surface area contributed by atoms with Crippen LogP contribution in [0.3, 0.4) is 0 Å². The normalized spacial score (nSPS) is 10.8. The number of aromatic nitrogens is 4. The molecule has 0 saturated carbocycles.